The molecule has 0 aliphatic rings. The lowest BCUT2D eigenvalue weighted by atomic mass is 10.2. The molecule has 7 heteroatoms. The van der Waals surface area contributed by atoms with Crippen LogP contribution in [0.4, 0.5) is 5.69 Å². The summed E-state index contributed by atoms with van der Waals surface area (Å²) < 4.78 is 27.0. The van der Waals surface area contributed by atoms with Crippen LogP contribution in [0, 0.1) is 11.8 Å². The Kier molecular flexibility index (Phi) is 4.68. The first kappa shape index (κ1) is 14.9. The maximum atomic E-state index is 12.1. The van der Waals surface area contributed by atoms with Crippen molar-refractivity contribution in [3.05, 3.63) is 46.3 Å². The summed E-state index contributed by atoms with van der Waals surface area (Å²) in [5, 5.41) is 10.8. The molecule has 2 aromatic rings. The summed E-state index contributed by atoms with van der Waals surface area (Å²) in [4.78, 5) is 0. The number of hydrogen-bond donors (Lipinski definition) is 2. The van der Waals surface area contributed by atoms with Crippen molar-refractivity contribution in [2.75, 3.05) is 11.3 Å². The molecule has 0 spiro atoms. The molecule has 0 saturated heterocycles. The zero-order chi connectivity index (χ0) is 14.6. The van der Waals surface area contributed by atoms with Gasteiger partial charge in [-0.15, -0.1) is 11.3 Å². The highest BCUT2D eigenvalue weighted by Crippen LogP contribution is 2.24. The van der Waals surface area contributed by atoms with Gasteiger partial charge < -0.3 is 5.11 Å². The Hall–Kier alpha value is -1.52. The van der Waals surface area contributed by atoms with Gasteiger partial charge in [0.15, 0.2) is 0 Å². The second-order valence-electron chi connectivity index (χ2n) is 3.69. The third kappa shape index (κ3) is 3.52. The number of rotatable bonds is 3. The number of benzene rings is 1. The SMILES string of the molecule is O=S(=O)(Nc1ccc(Cl)cc1C#CCO)c1cccs1. The van der Waals surface area contributed by atoms with E-state index in [1.54, 1.807) is 17.5 Å². The summed E-state index contributed by atoms with van der Waals surface area (Å²) in [7, 11) is -3.64. The molecular formula is C13H10ClNO3S2. The van der Waals surface area contributed by atoms with Crippen molar-refractivity contribution in [1.29, 1.82) is 0 Å². The lowest BCUT2D eigenvalue weighted by molar-refractivity contribution is 0.350. The summed E-state index contributed by atoms with van der Waals surface area (Å²) in [5.41, 5.74) is 0.732. The smallest absolute Gasteiger partial charge is 0.271 e. The molecule has 0 fully saturated rings. The Bertz CT molecular complexity index is 759. The van der Waals surface area contributed by atoms with Crippen LogP contribution in [0.1, 0.15) is 5.56 Å². The van der Waals surface area contributed by atoms with Gasteiger partial charge in [0.1, 0.15) is 10.8 Å². The molecule has 4 nitrogen and oxygen atoms in total. The van der Waals surface area contributed by atoms with Crippen LogP contribution in [0.25, 0.3) is 0 Å². The van der Waals surface area contributed by atoms with Gasteiger partial charge in [-0.1, -0.05) is 29.5 Å². The summed E-state index contributed by atoms with van der Waals surface area (Å²) in [6.45, 7) is -0.316. The van der Waals surface area contributed by atoms with Crippen LogP contribution in [0.15, 0.2) is 39.9 Å². The van der Waals surface area contributed by atoms with Gasteiger partial charge in [-0.2, -0.15) is 0 Å². The van der Waals surface area contributed by atoms with Crippen LogP contribution < -0.4 is 4.72 Å². The topological polar surface area (TPSA) is 66.4 Å². The Morgan fingerprint density at radius 3 is 2.80 bits per heavy atom. The fraction of sp³-hybridized carbons (Fsp3) is 0.0769. The number of halogens is 1. The van der Waals surface area contributed by atoms with Crippen molar-refractivity contribution in [1.82, 2.24) is 0 Å². The van der Waals surface area contributed by atoms with Crippen LogP contribution in [0.5, 0.6) is 0 Å². The van der Waals surface area contributed by atoms with E-state index in [0.717, 1.165) is 11.3 Å². The predicted octanol–water partition coefficient (Wildman–Crippen LogP) is 2.55. The Balaban J connectivity index is 2.39. The van der Waals surface area contributed by atoms with E-state index in [0.29, 0.717) is 16.3 Å². The molecule has 0 bridgehead atoms. The number of hydrogen-bond acceptors (Lipinski definition) is 4. The normalized spacial score (nSPS) is 10.7. The van der Waals surface area contributed by atoms with Gasteiger partial charge in [-0.05, 0) is 29.6 Å². The van der Waals surface area contributed by atoms with Gasteiger partial charge in [0.2, 0.25) is 0 Å². The molecule has 1 heterocycles. The summed E-state index contributed by atoms with van der Waals surface area (Å²) in [6, 6.07) is 7.82. The average molecular weight is 328 g/mol. The maximum Gasteiger partial charge on any atom is 0.271 e. The Labute approximate surface area is 126 Å². The molecule has 0 unspecified atom stereocenters. The van der Waals surface area contributed by atoms with Gasteiger partial charge in [-0.25, -0.2) is 8.42 Å². The van der Waals surface area contributed by atoms with Crippen molar-refractivity contribution in [2.24, 2.45) is 0 Å². The highest BCUT2D eigenvalue weighted by Gasteiger charge is 2.16. The second-order valence-corrected chi connectivity index (χ2v) is 6.98. The van der Waals surface area contributed by atoms with Crippen LogP contribution in [0.2, 0.25) is 5.02 Å². The van der Waals surface area contributed by atoms with Crippen molar-refractivity contribution in [2.45, 2.75) is 4.21 Å². The zero-order valence-corrected chi connectivity index (χ0v) is 12.5. The van der Waals surface area contributed by atoms with E-state index in [2.05, 4.69) is 16.6 Å². The largest absolute Gasteiger partial charge is 0.384 e. The minimum atomic E-state index is -3.64. The molecule has 1 aromatic carbocycles. The van der Waals surface area contributed by atoms with Gasteiger partial charge in [0.05, 0.1) is 11.3 Å². The monoisotopic (exact) mass is 327 g/mol. The van der Waals surface area contributed by atoms with Crippen molar-refractivity contribution < 1.29 is 13.5 Å². The molecule has 2 N–H and O–H groups in total. The third-order valence-corrected chi connectivity index (χ3v) is 5.29. The molecule has 0 aliphatic heterocycles. The fourth-order valence-corrected chi connectivity index (χ4v) is 3.70. The van der Waals surface area contributed by atoms with Gasteiger partial charge in [0.25, 0.3) is 10.0 Å². The van der Waals surface area contributed by atoms with E-state index in [1.807, 2.05) is 0 Å². The minimum Gasteiger partial charge on any atom is -0.384 e. The first-order valence-corrected chi connectivity index (χ1v) is 8.22. The molecule has 0 saturated carbocycles. The number of aliphatic hydroxyl groups excluding tert-OH is 1. The molecular weight excluding hydrogens is 318 g/mol. The Morgan fingerprint density at radius 2 is 2.15 bits per heavy atom. The van der Waals surface area contributed by atoms with Crippen LogP contribution in [0.3, 0.4) is 0 Å². The lowest BCUT2D eigenvalue weighted by Gasteiger charge is -2.08. The first-order valence-electron chi connectivity index (χ1n) is 5.48. The minimum absolute atomic E-state index is 0.216. The number of anilines is 1. The van der Waals surface area contributed by atoms with E-state index in [-0.39, 0.29) is 10.8 Å². The van der Waals surface area contributed by atoms with Gasteiger partial charge in [0, 0.05) is 5.02 Å². The van der Waals surface area contributed by atoms with Crippen LogP contribution >= 0.6 is 22.9 Å². The van der Waals surface area contributed by atoms with Crippen molar-refractivity contribution in [3.63, 3.8) is 0 Å². The highest BCUT2D eigenvalue weighted by molar-refractivity contribution is 7.94. The number of aliphatic hydroxyl groups is 1. The van der Waals surface area contributed by atoms with Crippen LogP contribution in [-0.4, -0.2) is 20.1 Å². The van der Waals surface area contributed by atoms with Gasteiger partial charge >= 0.3 is 0 Å². The first-order chi connectivity index (χ1) is 9.53. The van der Waals surface area contributed by atoms with Crippen molar-refractivity contribution in [3.8, 4) is 11.8 Å². The average Bonchev–Trinajstić information content (AvgIpc) is 2.93. The molecule has 2 rings (SSSR count). The zero-order valence-electron chi connectivity index (χ0n) is 10.1. The number of thiophene rings is 1. The van der Waals surface area contributed by atoms with Crippen molar-refractivity contribution >= 4 is 38.6 Å². The standard InChI is InChI=1S/C13H10ClNO3S2/c14-11-5-6-12(10(9-11)3-1-7-16)15-20(17,18)13-4-2-8-19-13/h2,4-6,8-9,15-16H,7H2. The predicted molar refractivity (Wildman–Crippen MR) is 80.5 cm³/mol. The fourth-order valence-electron chi connectivity index (χ4n) is 1.46. The van der Waals surface area contributed by atoms with E-state index < -0.39 is 10.0 Å². The number of sulfonamides is 1. The van der Waals surface area contributed by atoms with E-state index in [4.69, 9.17) is 16.7 Å². The molecule has 0 aliphatic carbocycles. The van der Waals surface area contributed by atoms with Crippen LogP contribution in [-0.2, 0) is 10.0 Å². The Morgan fingerprint density at radius 1 is 1.35 bits per heavy atom. The molecule has 0 atom stereocenters. The summed E-state index contributed by atoms with van der Waals surface area (Å²) in [6.07, 6.45) is 0. The van der Waals surface area contributed by atoms with Gasteiger partial charge in [-0.3, -0.25) is 4.72 Å². The maximum absolute atomic E-state index is 12.1. The highest BCUT2D eigenvalue weighted by atomic mass is 35.5. The quantitative estimate of drug-likeness (QED) is 0.851. The molecule has 1 aromatic heterocycles. The van der Waals surface area contributed by atoms with E-state index in [1.165, 1.54) is 18.2 Å². The lowest BCUT2D eigenvalue weighted by Crippen LogP contribution is -2.12. The summed E-state index contributed by atoms with van der Waals surface area (Å²) >= 11 is 6.98. The van der Waals surface area contributed by atoms with E-state index >= 15 is 0 Å². The third-order valence-electron chi connectivity index (χ3n) is 2.29. The molecule has 20 heavy (non-hydrogen) atoms. The molecule has 0 amide bonds. The summed E-state index contributed by atoms with van der Waals surface area (Å²) in [5.74, 6) is 5.13. The second kappa shape index (κ2) is 6.29. The number of nitrogens with one attached hydrogen (secondary N) is 1. The molecule has 0 radical (unpaired) electrons. The van der Waals surface area contributed by atoms with E-state index in [9.17, 15) is 8.42 Å². The molecule has 104 valence electrons.